The van der Waals surface area contributed by atoms with Crippen LogP contribution in [0.2, 0.25) is 0 Å². The molecule has 1 unspecified atom stereocenters. The summed E-state index contributed by atoms with van der Waals surface area (Å²) in [6.45, 7) is 5.89. The summed E-state index contributed by atoms with van der Waals surface area (Å²) < 4.78 is 7.56. The zero-order valence-corrected chi connectivity index (χ0v) is 17.9. The molecule has 30 heavy (non-hydrogen) atoms. The Balaban J connectivity index is 1.50. The Bertz CT molecular complexity index is 1200. The first kappa shape index (κ1) is 19.4. The number of imidazole rings is 1. The summed E-state index contributed by atoms with van der Waals surface area (Å²) in [5.41, 5.74) is 4.88. The molecule has 0 amide bonds. The monoisotopic (exact) mass is 423 g/mol. The molecule has 4 aromatic rings. The van der Waals surface area contributed by atoms with Crippen molar-refractivity contribution in [3.05, 3.63) is 47.8 Å². The highest BCUT2D eigenvalue weighted by atomic mass is 32.1. The average molecular weight is 424 g/mol. The minimum atomic E-state index is -0.519. The molecule has 0 spiro atoms. The summed E-state index contributed by atoms with van der Waals surface area (Å²) in [6.07, 6.45) is 1.35. The molecule has 1 fully saturated rings. The van der Waals surface area contributed by atoms with Gasteiger partial charge in [-0.05, 0) is 30.2 Å². The van der Waals surface area contributed by atoms with E-state index in [0.717, 1.165) is 69.8 Å². The number of aliphatic hydroxyl groups is 1. The van der Waals surface area contributed by atoms with Crippen molar-refractivity contribution in [1.29, 1.82) is 0 Å². The van der Waals surface area contributed by atoms with Crippen molar-refractivity contribution >= 4 is 33.1 Å². The highest BCUT2D eigenvalue weighted by Crippen LogP contribution is 2.36. The molecule has 0 radical (unpaired) electrons. The topological polar surface area (TPSA) is 74.9 Å². The number of aryl methyl sites for hydroxylation is 1. The van der Waals surface area contributed by atoms with Gasteiger partial charge in [0.25, 0.3) is 0 Å². The second kappa shape index (κ2) is 7.96. The van der Waals surface area contributed by atoms with Gasteiger partial charge in [-0.25, -0.2) is 9.97 Å². The van der Waals surface area contributed by atoms with Gasteiger partial charge >= 0.3 is 0 Å². The summed E-state index contributed by atoms with van der Waals surface area (Å²) in [4.78, 5) is 13.7. The number of aliphatic hydroxyl groups excluding tert-OH is 1. The standard InChI is InChI=1S/C22H25N5O2S/c1-14-12-24-21-20(23-2)25-17-11-19(30-22(17)27(14)21)16-5-3-4-15(10-16)18(28)13-26-6-8-29-9-7-26/h3-5,10-12,18,28H,6-9,13H2,1-2H3,(H,23,25). The molecule has 4 heterocycles. The molecule has 0 saturated carbocycles. The van der Waals surface area contributed by atoms with Crippen molar-refractivity contribution in [2.75, 3.05) is 45.2 Å². The minimum absolute atomic E-state index is 0.519. The van der Waals surface area contributed by atoms with Gasteiger partial charge in [-0.3, -0.25) is 9.30 Å². The van der Waals surface area contributed by atoms with Crippen LogP contribution in [0.4, 0.5) is 5.82 Å². The number of nitrogens with one attached hydrogen (secondary N) is 1. The molecule has 1 aliphatic heterocycles. The van der Waals surface area contributed by atoms with E-state index < -0.39 is 6.10 Å². The fraction of sp³-hybridized carbons (Fsp3) is 0.364. The van der Waals surface area contributed by atoms with E-state index in [0.29, 0.717) is 6.54 Å². The normalized spacial score (nSPS) is 16.4. The number of rotatable bonds is 5. The zero-order valence-electron chi connectivity index (χ0n) is 17.1. The Hall–Kier alpha value is -2.52. The van der Waals surface area contributed by atoms with Crippen molar-refractivity contribution in [3.8, 4) is 10.4 Å². The molecular weight excluding hydrogens is 398 g/mol. The van der Waals surface area contributed by atoms with Gasteiger partial charge < -0.3 is 15.2 Å². The van der Waals surface area contributed by atoms with Crippen LogP contribution in [0.3, 0.4) is 0 Å². The lowest BCUT2D eigenvalue weighted by atomic mass is 10.0. The lowest BCUT2D eigenvalue weighted by Crippen LogP contribution is -2.38. The van der Waals surface area contributed by atoms with E-state index in [-0.39, 0.29) is 0 Å². The first-order chi connectivity index (χ1) is 14.6. The molecule has 156 valence electrons. The number of nitrogens with zero attached hydrogens (tertiary/aromatic N) is 4. The van der Waals surface area contributed by atoms with Crippen LogP contribution in [0.15, 0.2) is 36.5 Å². The lowest BCUT2D eigenvalue weighted by Gasteiger charge is -2.28. The molecule has 0 aliphatic carbocycles. The van der Waals surface area contributed by atoms with Gasteiger partial charge in [0.05, 0.1) is 19.3 Å². The second-order valence-corrected chi connectivity index (χ2v) is 8.65. The van der Waals surface area contributed by atoms with E-state index in [4.69, 9.17) is 9.72 Å². The molecule has 2 N–H and O–H groups in total. The highest BCUT2D eigenvalue weighted by molar-refractivity contribution is 7.21. The number of benzene rings is 1. The number of anilines is 1. The van der Waals surface area contributed by atoms with Crippen molar-refractivity contribution in [2.24, 2.45) is 0 Å². The van der Waals surface area contributed by atoms with Crippen molar-refractivity contribution in [2.45, 2.75) is 13.0 Å². The maximum absolute atomic E-state index is 10.8. The maximum Gasteiger partial charge on any atom is 0.181 e. The van der Waals surface area contributed by atoms with Crippen molar-refractivity contribution in [1.82, 2.24) is 19.3 Å². The van der Waals surface area contributed by atoms with Crippen LogP contribution >= 0.6 is 11.3 Å². The number of aromatic nitrogens is 3. The van der Waals surface area contributed by atoms with Gasteiger partial charge in [-0.1, -0.05) is 18.2 Å². The first-order valence-electron chi connectivity index (χ1n) is 10.2. The highest BCUT2D eigenvalue weighted by Gasteiger charge is 2.18. The van der Waals surface area contributed by atoms with Crippen molar-refractivity contribution < 1.29 is 9.84 Å². The number of hydrogen-bond donors (Lipinski definition) is 2. The van der Waals surface area contributed by atoms with E-state index in [1.807, 2.05) is 25.4 Å². The molecule has 1 aliphatic rings. The molecule has 1 atom stereocenters. The summed E-state index contributed by atoms with van der Waals surface area (Å²) in [5, 5.41) is 13.9. The summed E-state index contributed by atoms with van der Waals surface area (Å²) in [5.74, 6) is 0.773. The van der Waals surface area contributed by atoms with E-state index in [1.165, 1.54) is 0 Å². The summed E-state index contributed by atoms with van der Waals surface area (Å²) in [7, 11) is 1.87. The van der Waals surface area contributed by atoms with E-state index in [1.54, 1.807) is 11.3 Å². The van der Waals surface area contributed by atoms with Crippen LogP contribution in [-0.4, -0.2) is 64.3 Å². The predicted octanol–water partition coefficient (Wildman–Crippen LogP) is 3.33. The third kappa shape index (κ3) is 3.45. The quantitative estimate of drug-likeness (QED) is 0.513. The van der Waals surface area contributed by atoms with E-state index in [2.05, 4.69) is 44.7 Å². The van der Waals surface area contributed by atoms with E-state index in [9.17, 15) is 5.11 Å². The van der Waals surface area contributed by atoms with Gasteiger partial charge in [0, 0.05) is 43.4 Å². The van der Waals surface area contributed by atoms with Crippen LogP contribution in [0.1, 0.15) is 17.4 Å². The van der Waals surface area contributed by atoms with Crippen LogP contribution in [0.25, 0.3) is 26.4 Å². The molecule has 7 nitrogen and oxygen atoms in total. The second-order valence-electron chi connectivity index (χ2n) is 7.62. The van der Waals surface area contributed by atoms with Gasteiger partial charge in [0.2, 0.25) is 0 Å². The summed E-state index contributed by atoms with van der Waals surface area (Å²) in [6, 6.07) is 10.3. The van der Waals surface area contributed by atoms with Crippen molar-refractivity contribution in [3.63, 3.8) is 0 Å². The van der Waals surface area contributed by atoms with Crippen LogP contribution in [-0.2, 0) is 4.74 Å². The third-order valence-electron chi connectivity index (χ3n) is 5.61. The van der Waals surface area contributed by atoms with Gasteiger partial charge in [-0.15, -0.1) is 11.3 Å². The maximum atomic E-state index is 10.8. The largest absolute Gasteiger partial charge is 0.387 e. The first-order valence-corrected chi connectivity index (χ1v) is 11.0. The SMILES string of the molecule is CNc1nc2cc(-c3cccc(C(O)CN4CCOCC4)c3)sc2n2c(C)cnc12. The average Bonchev–Trinajstić information content (AvgIpc) is 3.37. The lowest BCUT2D eigenvalue weighted by molar-refractivity contribution is 0.0143. The number of hydrogen-bond acceptors (Lipinski definition) is 7. The molecule has 3 aromatic heterocycles. The van der Waals surface area contributed by atoms with Crippen LogP contribution in [0, 0.1) is 6.92 Å². The zero-order chi connectivity index (χ0) is 20.7. The Morgan fingerprint density at radius 2 is 2.10 bits per heavy atom. The number of ether oxygens (including phenoxy) is 1. The smallest absolute Gasteiger partial charge is 0.181 e. The Morgan fingerprint density at radius 1 is 1.27 bits per heavy atom. The number of thiophene rings is 1. The molecule has 8 heteroatoms. The molecule has 1 aromatic carbocycles. The molecule has 1 saturated heterocycles. The van der Waals surface area contributed by atoms with Gasteiger partial charge in [0.1, 0.15) is 10.3 Å². The predicted molar refractivity (Wildman–Crippen MR) is 120 cm³/mol. The molecule has 5 rings (SSSR count). The number of β-amino-alcohol motifs (C(OH)–C–C–N with tert-alkyl or cyclic N) is 1. The molecular formula is C22H25N5O2S. The van der Waals surface area contributed by atoms with Crippen LogP contribution in [0.5, 0.6) is 0 Å². The number of fused-ring (bicyclic) bond motifs is 3. The Labute approximate surface area is 178 Å². The fourth-order valence-electron chi connectivity index (χ4n) is 3.99. The van der Waals surface area contributed by atoms with E-state index >= 15 is 0 Å². The van der Waals surface area contributed by atoms with Gasteiger partial charge in [-0.2, -0.15) is 0 Å². The minimum Gasteiger partial charge on any atom is -0.387 e. The third-order valence-corrected chi connectivity index (χ3v) is 6.76. The van der Waals surface area contributed by atoms with Crippen LogP contribution < -0.4 is 5.32 Å². The summed E-state index contributed by atoms with van der Waals surface area (Å²) >= 11 is 1.70. The number of morpholine rings is 1. The Morgan fingerprint density at radius 3 is 2.90 bits per heavy atom. The molecule has 0 bridgehead atoms. The van der Waals surface area contributed by atoms with Gasteiger partial charge in [0.15, 0.2) is 11.5 Å². The Kier molecular flexibility index (Phi) is 5.16. The fourth-order valence-corrected chi connectivity index (χ4v) is 5.14.